The van der Waals surface area contributed by atoms with E-state index in [-0.39, 0.29) is 18.2 Å². The maximum atomic E-state index is 12.8. The predicted octanol–water partition coefficient (Wildman–Crippen LogP) is 2.40. The van der Waals surface area contributed by atoms with Crippen LogP contribution < -0.4 is 5.32 Å². The van der Waals surface area contributed by atoms with E-state index in [0.717, 1.165) is 31.0 Å². The second-order valence-electron chi connectivity index (χ2n) is 3.69. The number of aryl methyl sites for hydroxylation is 1. The molecule has 3 heteroatoms. The van der Waals surface area contributed by atoms with Crippen LogP contribution in [0.5, 0.6) is 0 Å². The van der Waals surface area contributed by atoms with E-state index >= 15 is 0 Å². The number of rotatable bonds is 3. The fourth-order valence-corrected chi connectivity index (χ4v) is 1.62. The summed E-state index contributed by atoms with van der Waals surface area (Å²) in [4.78, 5) is 0. The molecule has 0 unspecified atom stereocenters. The predicted molar refractivity (Wildman–Crippen MR) is 58.3 cm³/mol. The molecule has 0 spiro atoms. The van der Waals surface area contributed by atoms with Crippen LogP contribution in [-0.4, -0.2) is 13.1 Å². The first kappa shape index (κ1) is 11.5. The highest BCUT2D eigenvalue weighted by molar-refractivity contribution is 5.85. The molecule has 1 heterocycles. The van der Waals surface area contributed by atoms with Gasteiger partial charge in [-0.15, -0.1) is 12.4 Å². The molecule has 78 valence electrons. The van der Waals surface area contributed by atoms with E-state index in [2.05, 4.69) is 5.32 Å². The van der Waals surface area contributed by atoms with Crippen molar-refractivity contribution in [2.45, 2.75) is 12.8 Å². The Labute approximate surface area is 90.1 Å². The van der Waals surface area contributed by atoms with Crippen LogP contribution in [0, 0.1) is 11.7 Å². The van der Waals surface area contributed by atoms with E-state index < -0.39 is 0 Å². The molecule has 1 aromatic carbocycles. The quantitative estimate of drug-likeness (QED) is 0.817. The Morgan fingerprint density at radius 3 is 2.71 bits per heavy atom. The zero-order chi connectivity index (χ0) is 9.10. The fraction of sp³-hybridized carbons (Fsp3) is 0.455. The van der Waals surface area contributed by atoms with E-state index in [1.807, 2.05) is 6.07 Å². The first-order valence-corrected chi connectivity index (χ1v) is 4.80. The van der Waals surface area contributed by atoms with Crippen LogP contribution in [0.15, 0.2) is 24.3 Å². The average molecular weight is 216 g/mol. The summed E-state index contributed by atoms with van der Waals surface area (Å²) >= 11 is 0. The molecule has 2 rings (SSSR count). The number of benzene rings is 1. The molecule has 1 nitrogen and oxygen atoms in total. The third-order valence-electron chi connectivity index (χ3n) is 2.60. The average Bonchev–Trinajstić information content (AvgIpc) is 2.01. The number of nitrogens with one attached hydrogen (secondary N) is 1. The SMILES string of the molecule is Cl.Fc1cccc(CCC2CNC2)c1. The standard InChI is InChI=1S/C11H14FN.ClH/c12-11-3-1-2-9(6-11)4-5-10-7-13-8-10;/h1-3,6,10,13H,4-5,7-8H2;1H. The Bertz CT molecular complexity index is 286. The van der Waals surface area contributed by atoms with Gasteiger partial charge in [-0.3, -0.25) is 0 Å². The fourth-order valence-electron chi connectivity index (χ4n) is 1.62. The van der Waals surface area contributed by atoms with Gasteiger partial charge < -0.3 is 5.32 Å². The summed E-state index contributed by atoms with van der Waals surface area (Å²) < 4.78 is 12.8. The lowest BCUT2D eigenvalue weighted by Crippen LogP contribution is -2.42. The zero-order valence-electron chi connectivity index (χ0n) is 8.00. The van der Waals surface area contributed by atoms with Gasteiger partial charge in [0.25, 0.3) is 0 Å². The molecular weight excluding hydrogens is 201 g/mol. The van der Waals surface area contributed by atoms with Crippen molar-refractivity contribution in [1.82, 2.24) is 5.32 Å². The van der Waals surface area contributed by atoms with Gasteiger partial charge in [-0.25, -0.2) is 4.39 Å². The van der Waals surface area contributed by atoms with E-state index in [1.54, 1.807) is 12.1 Å². The highest BCUT2D eigenvalue weighted by atomic mass is 35.5. The molecule has 1 saturated heterocycles. The summed E-state index contributed by atoms with van der Waals surface area (Å²) in [7, 11) is 0. The summed E-state index contributed by atoms with van der Waals surface area (Å²) in [5.41, 5.74) is 1.12. The van der Waals surface area contributed by atoms with E-state index in [9.17, 15) is 4.39 Å². The van der Waals surface area contributed by atoms with E-state index in [1.165, 1.54) is 12.5 Å². The molecule has 14 heavy (non-hydrogen) atoms. The van der Waals surface area contributed by atoms with Gasteiger partial charge in [0.1, 0.15) is 5.82 Å². The summed E-state index contributed by atoms with van der Waals surface area (Å²) in [6.45, 7) is 2.27. The summed E-state index contributed by atoms with van der Waals surface area (Å²) in [5.74, 6) is 0.688. The van der Waals surface area contributed by atoms with Gasteiger partial charge in [0, 0.05) is 0 Å². The second kappa shape index (κ2) is 5.32. The number of halogens is 2. The van der Waals surface area contributed by atoms with Crippen LogP contribution in [-0.2, 0) is 6.42 Å². The molecule has 0 atom stereocenters. The number of hydrogen-bond acceptors (Lipinski definition) is 1. The Kier molecular flexibility index (Phi) is 4.36. The molecule has 0 bridgehead atoms. The van der Waals surface area contributed by atoms with Crippen molar-refractivity contribution < 1.29 is 4.39 Å². The van der Waals surface area contributed by atoms with Crippen LogP contribution in [0.4, 0.5) is 4.39 Å². The van der Waals surface area contributed by atoms with Gasteiger partial charge in [0.15, 0.2) is 0 Å². The van der Waals surface area contributed by atoms with Gasteiger partial charge in [-0.1, -0.05) is 12.1 Å². The summed E-state index contributed by atoms with van der Waals surface area (Å²) in [6, 6.07) is 6.90. The Balaban J connectivity index is 0.000000980. The second-order valence-corrected chi connectivity index (χ2v) is 3.69. The highest BCUT2D eigenvalue weighted by Crippen LogP contribution is 2.13. The maximum Gasteiger partial charge on any atom is 0.123 e. The molecular formula is C11H15ClFN. The number of hydrogen-bond donors (Lipinski definition) is 1. The summed E-state index contributed by atoms with van der Waals surface area (Å²) in [6.07, 6.45) is 2.18. The lowest BCUT2D eigenvalue weighted by Gasteiger charge is -2.26. The largest absolute Gasteiger partial charge is 0.316 e. The molecule has 0 aromatic heterocycles. The van der Waals surface area contributed by atoms with Gasteiger partial charge >= 0.3 is 0 Å². The molecule has 1 aromatic rings. The third kappa shape index (κ3) is 2.96. The molecule has 0 aliphatic carbocycles. The van der Waals surface area contributed by atoms with Gasteiger partial charge in [0.2, 0.25) is 0 Å². The Hall–Kier alpha value is -0.600. The highest BCUT2D eigenvalue weighted by Gasteiger charge is 2.15. The molecule has 1 aliphatic rings. The van der Waals surface area contributed by atoms with Gasteiger partial charge in [0.05, 0.1) is 0 Å². The molecule has 0 saturated carbocycles. The van der Waals surface area contributed by atoms with Crippen molar-refractivity contribution in [2.24, 2.45) is 5.92 Å². The molecule has 1 aliphatic heterocycles. The normalized spacial score (nSPS) is 15.8. The van der Waals surface area contributed by atoms with Crippen LogP contribution in [0.1, 0.15) is 12.0 Å². The van der Waals surface area contributed by atoms with Crippen molar-refractivity contribution in [1.29, 1.82) is 0 Å². The molecule has 1 N–H and O–H groups in total. The van der Waals surface area contributed by atoms with Crippen LogP contribution in [0.25, 0.3) is 0 Å². The minimum atomic E-state index is -0.121. The van der Waals surface area contributed by atoms with Crippen molar-refractivity contribution in [3.8, 4) is 0 Å². The lowest BCUT2D eigenvalue weighted by atomic mass is 9.95. The first-order chi connectivity index (χ1) is 6.34. The minimum Gasteiger partial charge on any atom is -0.316 e. The molecule has 0 amide bonds. The minimum absolute atomic E-state index is 0. The zero-order valence-corrected chi connectivity index (χ0v) is 8.82. The summed E-state index contributed by atoms with van der Waals surface area (Å²) in [5, 5.41) is 3.23. The Morgan fingerprint density at radius 2 is 2.14 bits per heavy atom. The lowest BCUT2D eigenvalue weighted by molar-refractivity contribution is 0.327. The monoisotopic (exact) mass is 215 g/mol. The van der Waals surface area contributed by atoms with Gasteiger partial charge in [-0.05, 0) is 49.5 Å². The Morgan fingerprint density at radius 1 is 1.36 bits per heavy atom. The van der Waals surface area contributed by atoms with Crippen LogP contribution >= 0.6 is 12.4 Å². The van der Waals surface area contributed by atoms with Crippen LogP contribution in [0.3, 0.4) is 0 Å². The first-order valence-electron chi connectivity index (χ1n) is 4.80. The third-order valence-corrected chi connectivity index (χ3v) is 2.60. The topological polar surface area (TPSA) is 12.0 Å². The van der Waals surface area contributed by atoms with Crippen molar-refractivity contribution in [3.05, 3.63) is 35.6 Å². The smallest absolute Gasteiger partial charge is 0.123 e. The van der Waals surface area contributed by atoms with E-state index in [4.69, 9.17) is 0 Å². The van der Waals surface area contributed by atoms with Crippen molar-refractivity contribution >= 4 is 12.4 Å². The maximum absolute atomic E-state index is 12.8. The molecule has 1 fully saturated rings. The van der Waals surface area contributed by atoms with E-state index in [0.29, 0.717) is 0 Å². The van der Waals surface area contributed by atoms with Gasteiger partial charge in [-0.2, -0.15) is 0 Å². The van der Waals surface area contributed by atoms with Crippen molar-refractivity contribution in [2.75, 3.05) is 13.1 Å². The van der Waals surface area contributed by atoms with Crippen molar-refractivity contribution in [3.63, 3.8) is 0 Å². The molecule has 0 radical (unpaired) electrons. The van der Waals surface area contributed by atoms with Crippen LogP contribution in [0.2, 0.25) is 0 Å².